The summed E-state index contributed by atoms with van der Waals surface area (Å²) in [6, 6.07) is 0.415. The van der Waals surface area contributed by atoms with Crippen molar-refractivity contribution in [3.63, 3.8) is 0 Å². The van der Waals surface area contributed by atoms with E-state index in [0.29, 0.717) is 25.4 Å². The maximum atomic E-state index is 11.9. The molecule has 102 valence electrons. The molecule has 0 radical (unpaired) electrons. The number of nitrogens with two attached hydrogens (primary N) is 1. The van der Waals surface area contributed by atoms with Crippen LogP contribution in [0.25, 0.3) is 0 Å². The fraction of sp³-hybridized carbons (Fsp3) is 0.846. The van der Waals surface area contributed by atoms with Gasteiger partial charge in [-0.3, -0.25) is 9.59 Å². The first-order valence-electron chi connectivity index (χ1n) is 6.97. The predicted octanol–water partition coefficient (Wildman–Crippen LogP) is 0.433. The zero-order chi connectivity index (χ0) is 13.0. The first kappa shape index (κ1) is 13.3. The Bertz CT molecular complexity index is 320. The molecule has 2 aliphatic rings. The average molecular weight is 253 g/mol. The molecule has 5 heteroatoms. The summed E-state index contributed by atoms with van der Waals surface area (Å²) in [4.78, 5) is 23.3. The zero-order valence-corrected chi connectivity index (χ0v) is 10.8. The number of hydrogen-bond donors (Lipinski definition) is 3. The topological polar surface area (TPSA) is 84.2 Å². The SMILES string of the molecule is NC1(C(=O)NCCCC(=O)NC2CC2)CCCC1. The second-order valence-corrected chi connectivity index (χ2v) is 5.56. The lowest BCUT2D eigenvalue weighted by Crippen LogP contribution is -2.52. The van der Waals surface area contributed by atoms with Crippen molar-refractivity contribution >= 4 is 11.8 Å². The quantitative estimate of drug-likeness (QED) is 0.600. The van der Waals surface area contributed by atoms with Crippen molar-refractivity contribution in [2.24, 2.45) is 5.73 Å². The molecule has 0 heterocycles. The molecule has 0 atom stereocenters. The molecule has 0 aromatic carbocycles. The van der Waals surface area contributed by atoms with Crippen LogP contribution >= 0.6 is 0 Å². The van der Waals surface area contributed by atoms with Gasteiger partial charge in [0.15, 0.2) is 0 Å². The van der Waals surface area contributed by atoms with Gasteiger partial charge in [0.2, 0.25) is 11.8 Å². The Morgan fingerprint density at radius 3 is 2.50 bits per heavy atom. The summed E-state index contributed by atoms with van der Waals surface area (Å²) < 4.78 is 0. The summed E-state index contributed by atoms with van der Waals surface area (Å²) >= 11 is 0. The molecular weight excluding hydrogens is 230 g/mol. The van der Waals surface area contributed by atoms with Crippen molar-refractivity contribution in [1.82, 2.24) is 10.6 Å². The molecule has 0 aromatic heterocycles. The fourth-order valence-electron chi connectivity index (χ4n) is 2.39. The Kier molecular flexibility index (Phi) is 4.22. The van der Waals surface area contributed by atoms with Gasteiger partial charge in [0.1, 0.15) is 0 Å². The van der Waals surface area contributed by atoms with E-state index >= 15 is 0 Å². The highest BCUT2D eigenvalue weighted by Gasteiger charge is 2.36. The minimum absolute atomic E-state index is 0.0531. The van der Waals surface area contributed by atoms with Gasteiger partial charge in [-0.25, -0.2) is 0 Å². The van der Waals surface area contributed by atoms with Gasteiger partial charge in [0.05, 0.1) is 5.54 Å². The maximum absolute atomic E-state index is 11.9. The first-order valence-corrected chi connectivity index (χ1v) is 6.97. The van der Waals surface area contributed by atoms with E-state index in [2.05, 4.69) is 10.6 Å². The summed E-state index contributed by atoms with van der Waals surface area (Å²) in [6.45, 7) is 0.538. The number of amides is 2. The third-order valence-electron chi connectivity index (χ3n) is 3.76. The number of nitrogens with one attached hydrogen (secondary N) is 2. The van der Waals surface area contributed by atoms with Crippen LogP contribution in [0, 0.1) is 0 Å². The molecule has 2 amide bonds. The van der Waals surface area contributed by atoms with Crippen molar-refractivity contribution < 1.29 is 9.59 Å². The standard InChI is InChI=1S/C13H23N3O2/c14-13(7-1-2-8-13)12(18)15-9-3-4-11(17)16-10-5-6-10/h10H,1-9,14H2,(H,15,18)(H,16,17). The van der Waals surface area contributed by atoms with E-state index in [4.69, 9.17) is 5.73 Å². The Morgan fingerprint density at radius 2 is 1.89 bits per heavy atom. The molecule has 18 heavy (non-hydrogen) atoms. The highest BCUT2D eigenvalue weighted by Crippen LogP contribution is 2.27. The van der Waals surface area contributed by atoms with Crippen LogP contribution in [0.15, 0.2) is 0 Å². The van der Waals surface area contributed by atoms with E-state index in [-0.39, 0.29) is 11.8 Å². The smallest absolute Gasteiger partial charge is 0.240 e. The predicted molar refractivity (Wildman–Crippen MR) is 68.8 cm³/mol. The van der Waals surface area contributed by atoms with Gasteiger partial charge in [-0.1, -0.05) is 12.8 Å². The highest BCUT2D eigenvalue weighted by molar-refractivity contribution is 5.86. The van der Waals surface area contributed by atoms with Crippen LogP contribution in [-0.2, 0) is 9.59 Å². The fourth-order valence-corrected chi connectivity index (χ4v) is 2.39. The van der Waals surface area contributed by atoms with Gasteiger partial charge in [-0.15, -0.1) is 0 Å². The van der Waals surface area contributed by atoms with Crippen molar-refractivity contribution in [3.8, 4) is 0 Å². The zero-order valence-electron chi connectivity index (χ0n) is 10.8. The molecule has 0 aliphatic heterocycles. The van der Waals surface area contributed by atoms with Gasteiger partial charge in [-0.2, -0.15) is 0 Å². The van der Waals surface area contributed by atoms with Crippen LogP contribution in [0.4, 0.5) is 0 Å². The van der Waals surface area contributed by atoms with Gasteiger partial charge in [0, 0.05) is 19.0 Å². The molecule has 0 spiro atoms. The van der Waals surface area contributed by atoms with Crippen molar-refractivity contribution in [2.45, 2.75) is 62.9 Å². The van der Waals surface area contributed by atoms with E-state index in [9.17, 15) is 9.59 Å². The third-order valence-corrected chi connectivity index (χ3v) is 3.76. The number of carbonyl (C=O) groups is 2. The van der Waals surface area contributed by atoms with Crippen LogP contribution < -0.4 is 16.4 Å². The van der Waals surface area contributed by atoms with E-state index in [1.165, 1.54) is 0 Å². The molecule has 2 fully saturated rings. The van der Waals surface area contributed by atoms with Gasteiger partial charge < -0.3 is 16.4 Å². The van der Waals surface area contributed by atoms with E-state index in [1.807, 2.05) is 0 Å². The Balaban J connectivity index is 1.56. The molecule has 0 unspecified atom stereocenters. The largest absolute Gasteiger partial charge is 0.354 e. The molecule has 5 nitrogen and oxygen atoms in total. The van der Waals surface area contributed by atoms with Crippen molar-refractivity contribution in [3.05, 3.63) is 0 Å². The Morgan fingerprint density at radius 1 is 1.22 bits per heavy atom. The second-order valence-electron chi connectivity index (χ2n) is 5.56. The van der Waals surface area contributed by atoms with Crippen LogP contribution in [0.5, 0.6) is 0 Å². The third kappa shape index (κ3) is 3.70. The summed E-state index contributed by atoms with van der Waals surface area (Å²) in [5.74, 6) is 0.0395. The van der Waals surface area contributed by atoms with Crippen molar-refractivity contribution in [2.75, 3.05) is 6.54 Å². The summed E-state index contributed by atoms with van der Waals surface area (Å²) in [5.41, 5.74) is 5.37. The van der Waals surface area contributed by atoms with Gasteiger partial charge >= 0.3 is 0 Å². The lowest BCUT2D eigenvalue weighted by molar-refractivity contribution is -0.126. The van der Waals surface area contributed by atoms with Gasteiger partial charge in [0.25, 0.3) is 0 Å². The highest BCUT2D eigenvalue weighted by atomic mass is 16.2. The minimum atomic E-state index is -0.656. The molecule has 0 saturated heterocycles. The molecule has 2 aliphatic carbocycles. The monoisotopic (exact) mass is 253 g/mol. The molecular formula is C13H23N3O2. The first-order chi connectivity index (χ1) is 8.60. The number of hydrogen-bond acceptors (Lipinski definition) is 3. The lowest BCUT2D eigenvalue weighted by Gasteiger charge is -2.22. The normalized spacial score (nSPS) is 21.6. The van der Waals surface area contributed by atoms with Crippen LogP contribution in [-0.4, -0.2) is 29.9 Å². The van der Waals surface area contributed by atoms with E-state index in [1.54, 1.807) is 0 Å². The number of rotatable bonds is 6. The second kappa shape index (κ2) is 5.69. The van der Waals surface area contributed by atoms with Crippen molar-refractivity contribution in [1.29, 1.82) is 0 Å². The molecule has 0 aromatic rings. The van der Waals surface area contributed by atoms with Crippen LogP contribution in [0.3, 0.4) is 0 Å². The molecule has 0 bridgehead atoms. The molecule has 2 rings (SSSR count). The lowest BCUT2D eigenvalue weighted by atomic mass is 9.98. The number of carbonyl (C=O) groups excluding carboxylic acids is 2. The summed E-state index contributed by atoms with van der Waals surface area (Å²) in [5, 5.41) is 5.77. The summed E-state index contributed by atoms with van der Waals surface area (Å²) in [7, 11) is 0. The Hall–Kier alpha value is -1.10. The average Bonchev–Trinajstić information content (AvgIpc) is 3.03. The van der Waals surface area contributed by atoms with E-state index in [0.717, 1.165) is 38.5 Å². The summed E-state index contributed by atoms with van der Waals surface area (Å²) in [6.07, 6.45) is 7.01. The van der Waals surface area contributed by atoms with E-state index < -0.39 is 5.54 Å². The van der Waals surface area contributed by atoms with Crippen LogP contribution in [0.1, 0.15) is 51.4 Å². The molecule has 4 N–H and O–H groups in total. The molecule has 2 saturated carbocycles. The van der Waals surface area contributed by atoms with Crippen LogP contribution in [0.2, 0.25) is 0 Å². The Labute approximate surface area is 108 Å². The maximum Gasteiger partial charge on any atom is 0.240 e. The van der Waals surface area contributed by atoms with Gasteiger partial charge in [-0.05, 0) is 32.1 Å². The minimum Gasteiger partial charge on any atom is -0.354 e.